The van der Waals surface area contributed by atoms with Crippen LogP contribution in [0.1, 0.15) is 58.3 Å². The van der Waals surface area contributed by atoms with Crippen LogP contribution in [0.2, 0.25) is 5.02 Å². The lowest BCUT2D eigenvalue weighted by Crippen LogP contribution is -2.80. The van der Waals surface area contributed by atoms with Gasteiger partial charge in [-0.15, -0.1) is 0 Å². The molecule has 2 saturated heterocycles. The average Bonchev–Trinajstić information content (AvgIpc) is 3.05. The molecule has 1 aliphatic carbocycles. The summed E-state index contributed by atoms with van der Waals surface area (Å²) in [6, 6.07) is 8.68. The van der Waals surface area contributed by atoms with Crippen LogP contribution >= 0.6 is 11.6 Å². The Morgan fingerprint density at radius 3 is 2.29 bits per heavy atom. The van der Waals surface area contributed by atoms with Crippen LogP contribution in [0.15, 0.2) is 24.3 Å². The molecule has 31 heavy (non-hydrogen) atoms. The van der Waals surface area contributed by atoms with Gasteiger partial charge >= 0.3 is 0 Å². The zero-order valence-electron chi connectivity index (χ0n) is 18.9. The highest BCUT2D eigenvalue weighted by molar-refractivity contribution is 6.33. The molecule has 1 aromatic rings. The summed E-state index contributed by atoms with van der Waals surface area (Å²) in [5.41, 5.74) is 21.6. The van der Waals surface area contributed by atoms with E-state index in [2.05, 4.69) is 26.5 Å². The smallest absolute Gasteiger partial charge is 0.139 e. The van der Waals surface area contributed by atoms with Crippen molar-refractivity contribution in [2.75, 3.05) is 24.5 Å². The number of hydrogen-bond donors (Lipinski definition) is 3. The molecule has 174 valence electrons. The monoisotopic (exact) mass is 449 g/mol. The molecule has 3 aliphatic rings. The maximum atomic E-state index is 6.94. The third-order valence-corrected chi connectivity index (χ3v) is 7.88. The van der Waals surface area contributed by atoms with Crippen LogP contribution in [0.5, 0.6) is 0 Å². The minimum Gasteiger partial charge on any atom is -0.313 e. The Kier molecular flexibility index (Phi) is 7.75. The van der Waals surface area contributed by atoms with Gasteiger partial charge in [0.15, 0.2) is 0 Å². The molecular formula is C23H40ClN7. The zero-order chi connectivity index (χ0) is 22.0. The minimum absolute atomic E-state index is 0.300. The molecule has 3 fully saturated rings. The topological polar surface area (TPSA) is 91.0 Å². The van der Waals surface area contributed by atoms with E-state index >= 15 is 0 Å². The summed E-state index contributed by atoms with van der Waals surface area (Å²) in [5.74, 6) is 0. The van der Waals surface area contributed by atoms with Crippen LogP contribution in [0.4, 0.5) is 5.69 Å². The van der Waals surface area contributed by atoms with Crippen molar-refractivity contribution < 1.29 is 0 Å². The van der Waals surface area contributed by atoms with Crippen molar-refractivity contribution in [1.29, 1.82) is 0 Å². The number of likely N-dealkylation sites (tertiary alicyclic amines) is 1. The molecule has 8 heteroatoms. The van der Waals surface area contributed by atoms with E-state index in [0.717, 1.165) is 38.2 Å². The van der Waals surface area contributed by atoms with Crippen molar-refractivity contribution in [3.05, 3.63) is 29.3 Å². The summed E-state index contributed by atoms with van der Waals surface area (Å²) >= 11 is 6.62. The largest absolute Gasteiger partial charge is 0.313 e. The number of benzene rings is 1. The molecule has 4 rings (SSSR count). The Labute approximate surface area is 192 Å². The van der Waals surface area contributed by atoms with Crippen molar-refractivity contribution in [3.8, 4) is 0 Å². The fraction of sp³-hybridized carbons (Fsp3) is 0.739. The Morgan fingerprint density at radius 1 is 0.903 bits per heavy atom. The molecule has 6 N–H and O–H groups in total. The molecule has 1 saturated carbocycles. The Morgan fingerprint density at radius 2 is 1.61 bits per heavy atom. The normalized spacial score (nSPS) is 32.5. The lowest BCUT2D eigenvalue weighted by atomic mass is 10.1. The van der Waals surface area contributed by atoms with Gasteiger partial charge in [0.25, 0.3) is 0 Å². The fourth-order valence-electron chi connectivity index (χ4n) is 5.86. The van der Waals surface area contributed by atoms with Gasteiger partial charge in [-0.05, 0) is 50.9 Å². The van der Waals surface area contributed by atoms with E-state index in [1.165, 1.54) is 38.5 Å². The van der Waals surface area contributed by atoms with Gasteiger partial charge < -0.3 is 10.6 Å². The highest BCUT2D eigenvalue weighted by atomic mass is 35.5. The highest BCUT2D eigenvalue weighted by Gasteiger charge is 2.46. The third-order valence-electron chi connectivity index (χ3n) is 7.56. The summed E-state index contributed by atoms with van der Waals surface area (Å²) in [5, 5.41) is 0.667. The Bertz CT molecular complexity index is 711. The lowest BCUT2D eigenvalue weighted by molar-refractivity contribution is -0.0917. The van der Waals surface area contributed by atoms with Crippen molar-refractivity contribution in [2.45, 2.75) is 89.2 Å². The summed E-state index contributed by atoms with van der Waals surface area (Å²) in [4.78, 5) is 9.17. The van der Waals surface area contributed by atoms with E-state index < -0.39 is 12.6 Å². The number of likely N-dealkylation sites (N-methyl/N-ethyl adjacent to an activating group) is 1. The van der Waals surface area contributed by atoms with Gasteiger partial charge in [0.05, 0.1) is 10.7 Å². The van der Waals surface area contributed by atoms with Gasteiger partial charge in [0.1, 0.15) is 18.9 Å². The first-order valence-electron chi connectivity index (χ1n) is 12.1. The van der Waals surface area contributed by atoms with Gasteiger partial charge in [0.2, 0.25) is 0 Å². The number of hydrogen-bond acceptors (Lipinski definition) is 7. The highest BCUT2D eigenvalue weighted by Crippen LogP contribution is 2.35. The van der Waals surface area contributed by atoms with E-state index in [-0.39, 0.29) is 6.29 Å². The lowest BCUT2D eigenvalue weighted by Gasteiger charge is -2.57. The number of nitrogens with zero attached hydrogens (tertiary/aromatic N) is 4. The SMILES string of the molecule is CCN1CCCC1CN1C(N)N(c2ccccc2Cl)C(N)N(C2CCCCCC2)C1N. The standard InChI is InChI=1S/C23H40ClN7/c1-2-28-15-9-12-18(28)16-29-21(25)30(17-10-5-3-4-6-11-17)23(27)31(22(29)26)20-14-8-7-13-19(20)24/h7-8,13-14,17-18,21-23H,2-6,9-12,15-16,25-27H2,1H3. The molecule has 1 aromatic carbocycles. The van der Waals surface area contributed by atoms with Crippen molar-refractivity contribution in [1.82, 2.24) is 14.7 Å². The molecule has 4 unspecified atom stereocenters. The zero-order valence-corrected chi connectivity index (χ0v) is 19.6. The molecule has 0 aromatic heterocycles. The van der Waals surface area contributed by atoms with Crippen LogP contribution < -0.4 is 22.1 Å². The van der Waals surface area contributed by atoms with Gasteiger partial charge in [0, 0.05) is 18.6 Å². The average molecular weight is 450 g/mol. The third kappa shape index (κ3) is 4.74. The molecule has 2 heterocycles. The van der Waals surface area contributed by atoms with Crippen LogP contribution in [-0.2, 0) is 0 Å². The second kappa shape index (κ2) is 10.3. The minimum atomic E-state index is -0.425. The maximum absolute atomic E-state index is 6.94. The predicted molar refractivity (Wildman–Crippen MR) is 128 cm³/mol. The molecular weight excluding hydrogens is 410 g/mol. The number of halogens is 1. The first-order chi connectivity index (χ1) is 15.0. The maximum Gasteiger partial charge on any atom is 0.139 e. The van der Waals surface area contributed by atoms with E-state index in [4.69, 9.17) is 28.8 Å². The molecule has 0 amide bonds. The quantitative estimate of drug-likeness (QED) is 0.595. The van der Waals surface area contributed by atoms with Crippen molar-refractivity contribution in [3.63, 3.8) is 0 Å². The van der Waals surface area contributed by atoms with E-state index in [0.29, 0.717) is 17.1 Å². The van der Waals surface area contributed by atoms with E-state index in [1.54, 1.807) is 0 Å². The first-order valence-corrected chi connectivity index (χ1v) is 12.5. The van der Waals surface area contributed by atoms with Crippen LogP contribution in [0, 0.1) is 0 Å². The summed E-state index contributed by atoms with van der Waals surface area (Å²) in [7, 11) is 0. The van der Waals surface area contributed by atoms with Crippen molar-refractivity contribution >= 4 is 17.3 Å². The summed E-state index contributed by atoms with van der Waals surface area (Å²) < 4.78 is 0. The van der Waals surface area contributed by atoms with E-state index in [1.807, 2.05) is 24.3 Å². The molecule has 4 atom stereocenters. The molecule has 0 spiro atoms. The predicted octanol–water partition coefficient (Wildman–Crippen LogP) is 2.70. The number of nitrogens with two attached hydrogens (primary N) is 3. The second-order valence-electron chi connectivity index (χ2n) is 9.31. The summed E-state index contributed by atoms with van der Waals surface area (Å²) in [6.07, 6.45) is 8.58. The number of rotatable bonds is 5. The van der Waals surface area contributed by atoms with Gasteiger partial charge in [-0.2, -0.15) is 0 Å². The Hall–Kier alpha value is -0.930. The van der Waals surface area contributed by atoms with Crippen LogP contribution in [0.25, 0.3) is 0 Å². The van der Waals surface area contributed by atoms with Crippen LogP contribution in [-0.4, -0.2) is 65.3 Å². The first kappa shape index (κ1) is 23.2. The summed E-state index contributed by atoms with van der Waals surface area (Å²) in [6.45, 7) is 5.29. The van der Waals surface area contributed by atoms with Gasteiger partial charge in [-0.3, -0.25) is 16.4 Å². The van der Waals surface area contributed by atoms with E-state index in [9.17, 15) is 0 Å². The molecule has 7 nitrogen and oxygen atoms in total. The number of anilines is 1. The molecule has 0 bridgehead atoms. The molecule has 0 radical (unpaired) electrons. The van der Waals surface area contributed by atoms with Gasteiger partial charge in [-0.1, -0.05) is 56.3 Å². The van der Waals surface area contributed by atoms with Crippen molar-refractivity contribution in [2.24, 2.45) is 17.2 Å². The van der Waals surface area contributed by atoms with Crippen LogP contribution in [0.3, 0.4) is 0 Å². The molecule has 2 aliphatic heterocycles. The number of para-hydroxylation sites is 1. The second-order valence-corrected chi connectivity index (χ2v) is 9.72. The Balaban J connectivity index is 1.67. The fourth-order valence-corrected chi connectivity index (χ4v) is 6.09. The van der Waals surface area contributed by atoms with Gasteiger partial charge in [-0.25, -0.2) is 9.80 Å².